The van der Waals surface area contributed by atoms with Crippen LogP contribution in [0.2, 0.25) is 0 Å². The number of aromatic nitrogens is 3. The summed E-state index contributed by atoms with van der Waals surface area (Å²) in [7, 11) is 0. The molecule has 0 aliphatic rings. The molecule has 6 nitrogen and oxygen atoms in total. The third-order valence-corrected chi connectivity index (χ3v) is 6.22. The molecule has 5 rings (SSSR count). The Morgan fingerprint density at radius 2 is 1.61 bits per heavy atom. The number of nitrogens with zero attached hydrogens (tertiary/aromatic N) is 3. The summed E-state index contributed by atoms with van der Waals surface area (Å²) in [5.41, 5.74) is 7.42. The number of phenols is 1. The van der Waals surface area contributed by atoms with E-state index < -0.39 is 0 Å². The van der Waals surface area contributed by atoms with Gasteiger partial charge < -0.3 is 10.4 Å². The summed E-state index contributed by atoms with van der Waals surface area (Å²) in [6.45, 7) is 4.16. The van der Waals surface area contributed by atoms with Gasteiger partial charge in [-0.3, -0.25) is 4.79 Å². The number of fused-ring (bicyclic) bond motifs is 1. The third kappa shape index (κ3) is 4.84. The smallest absolute Gasteiger partial charge is 0.255 e. The molecule has 0 radical (unpaired) electrons. The van der Waals surface area contributed by atoms with E-state index in [2.05, 4.69) is 22.4 Å². The summed E-state index contributed by atoms with van der Waals surface area (Å²) in [6.07, 6.45) is 2.91. The van der Waals surface area contributed by atoms with Crippen molar-refractivity contribution in [3.05, 3.63) is 102 Å². The van der Waals surface area contributed by atoms with Crippen molar-refractivity contribution < 1.29 is 9.90 Å². The van der Waals surface area contributed by atoms with E-state index in [0.717, 1.165) is 58.2 Å². The Hall–Kier alpha value is -4.45. The zero-order valence-electron chi connectivity index (χ0n) is 20.4. The van der Waals surface area contributed by atoms with Crippen molar-refractivity contribution in [2.24, 2.45) is 0 Å². The van der Waals surface area contributed by atoms with Crippen LogP contribution in [0.5, 0.6) is 5.75 Å². The Balaban J connectivity index is 1.39. The van der Waals surface area contributed by atoms with E-state index >= 15 is 0 Å². The SMILES string of the molecule is CCCCc1cc(C)cc(-n2nc3ccc(-c4ccc(NC(=O)c5ccccc5)cc4)cc3n2)c1O. The Morgan fingerprint density at radius 1 is 0.889 bits per heavy atom. The molecule has 1 amide bonds. The van der Waals surface area contributed by atoms with E-state index in [1.807, 2.05) is 79.7 Å². The van der Waals surface area contributed by atoms with E-state index in [1.54, 1.807) is 12.1 Å². The van der Waals surface area contributed by atoms with Crippen LogP contribution in [0.3, 0.4) is 0 Å². The molecule has 6 heteroatoms. The van der Waals surface area contributed by atoms with Gasteiger partial charge in [0.25, 0.3) is 5.91 Å². The number of unbranched alkanes of at least 4 members (excludes halogenated alkanes) is 1. The van der Waals surface area contributed by atoms with Gasteiger partial charge in [0.2, 0.25) is 0 Å². The number of carbonyl (C=O) groups is 1. The monoisotopic (exact) mass is 476 g/mol. The molecular weight excluding hydrogens is 448 g/mol. The molecule has 180 valence electrons. The summed E-state index contributed by atoms with van der Waals surface area (Å²) in [5, 5.41) is 23.1. The molecular formula is C30H28N4O2. The van der Waals surface area contributed by atoms with E-state index in [9.17, 15) is 9.90 Å². The van der Waals surface area contributed by atoms with Gasteiger partial charge in [0.15, 0.2) is 0 Å². The summed E-state index contributed by atoms with van der Waals surface area (Å²) < 4.78 is 0. The molecule has 36 heavy (non-hydrogen) atoms. The number of carbonyl (C=O) groups excluding carboxylic acids is 1. The number of aromatic hydroxyl groups is 1. The first-order valence-electron chi connectivity index (χ1n) is 12.2. The van der Waals surface area contributed by atoms with E-state index in [0.29, 0.717) is 11.3 Å². The lowest BCUT2D eigenvalue weighted by molar-refractivity contribution is 0.102. The summed E-state index contributed by atoms with van der Waals surface area (Å²) in [6, 6.07) is 26.7. The van der Waals surface area contributed by atoms with Crippen molar-refractivity contribution in [3.63, 3.8) is 0 Å². The van der Waals surface area contributed by atoms with Crippen LogP contribution >= 0.6 is 0 Å². The van der Waals surface area contributed by atoms with Crippen LogP contribution in [-0.2, 0) is 6.42 Å². The van der Waals surface area contributed by atoms with Gasteiger partial charge in [-0.25, -0.2) is 0 Å². The topological polar surface area (TPSA) is 80.0 Å². The van der Waals surface area contributed by atoms with E-state index in [1.165, 1.54) is 4.80 Å². The van der Waals surface area contributed by atoms with Crippen molar-refractivity contribution in [1.29, 1.82) is 0 Å². The molecule has 5 aromatic rings. The molecule has 0 bridgehead atoms. The van der Waals surface area contributed by atoms with Crippen LogP contribution in [-0.4, -0.2) is 26.0 Å². The molecule has 0 saturated carbocycles. The first-order valence-corrected chi connectivity index (χ1v) is 12.2. The zero-order chi connectivity index (χ0) is 25.1. The van der Waals surface area contributed by atoms with Gasteiger partial charge in [-0.2, -0.15) is 0 Å². The number of hydrogen-bond donors (Lipinski definition) is 2. The molecule has 0 unspecified atom stereocenters. The van der Waals surface area contributed by atoms with Crippen molar-refractivity contribution in [2.45, 2.75) is 33.1 Å². The Bertz CT molecular complexity index is 1520. The van der Waals surface area contributed by atoms with Crippen LogP contribution in [0.25, 0.3) is 27.8 Å². The highest BCUT2D eigenvalue weighted by Gasteiger charge is 2.14. The highest BCUT2D eigenvalue weighted by atomic mass is 16.3. The fourth-order valence-corrected chi connectivity index (χ4v) is 4.28. The van der Waals surface area contributed by atoms with E-state index in [4.69, 9.17) is 0 Å². The molecule has 0 aliphatic heterocycles. The first kappa shape index (κ1) is 23.3. The van der Waals surface area contributed by atoms with Gasteiger partial charge in [0.05, 0.1) is 0 Å². The standard InChI is InChI=1S/C30H28N4O2/c1-3-4-8-24-17-20(2)18-28(29(24)35)34-32-26-16-13-23(19-27(26)33-34)21-11-14-25(15-12-21)31-30(36)22-9-6-5-7-10-22/h5-7,9-19,35H,3-4,8H2,1-2H3,(H,31,36). The Labute approximate surface area is 210 Å². The minimum absolute atomic E-state index is 0.140. The average molecular weight is 477 g/mol. The lowest BCUT2D eigenvalue weighted by atomic mass is 10.0. The minimum Gasteiger partial charge on any atom is -0.505 e. The van der Waals surface area contributed by atoms with Crippen LogP contribution in [0.1, 0.15) is 41.3 Å². The van der Waals surface area contributed by atoms with Crippen molar-refractivity contribution in [3.8, 4) is 22.6 Å². The van der Waals surface area contributed by atoms with Crippen LogP contribution < -0.4 is 5.32 Å². The number of nitrogens with one attached hydrogen (secondary N) is 1. The van der Waals surface area contributed by atoms with Gasteiger partial charge >= 0.3 is 0 Å². The number of rotatable bonds is 7. The van der Waals surface area contributed by atoms with Gasteiger partial charge in [0.1, 0.15) is 22.5 Å². The number of phenolic OH excluding ortho intramolecular Hbond substituents is 1. The van der Waals surface area contributed by atoms with Gasteiger partial charge in [0, 0.05) is 11.3 Å². The molecule has 4 aromatic carbocycles. The van der Waals surface area contributed by atoms with Crippen molar-refractivity contribution in [2.75, 3.05) is 5.32 Å². The highest BCUT2D eigenvalue weighted by molar-refractivity contribution is 6.04. The van der Waals surface area contributed by atoms with Crippen LogP contribution in [0, 0.1) is 6.92 Å². The third-order valence-electron chi connectivity index (χ3n) is 6.22. The summed E-state index contributed by atoms with van der Waals surface area (Å²) >= 11 is 0. The number of aryl methyl sites for hydroxylation is 2. The van der Waals surface area contributed by atoms with Crippen molar-refractivity contribution >= 4 is 22.6 Å². The second-order valence-corrected chi connectivity index (χ2v) is 8.99. The second-order valence-electron chi connectivity index (χ2n) is 8.99. The fourth-order valence-electron chi connectivity index (χ4n) is 4.28. The zero-order valence-corrected chi connectivity index (χ0v) is 20.4. The predicted molar refractivity (Wildman–Crippen MR) is 144 cm³/mol. The number of amides is 1. The van der Waals surface area contributed by atoms with Crippen LogP contribution in [0.4, 0.5) is 5.69 Å². The Kier molecular flexibility index (Phi) is 6.50. The lowest BCUT2D eigenvalue weighted by Gasteiger charge is -2.10. The number of hydrogen-bond acceptors (Lipinski definition) is 4. The summed E-state index contributed by atoms with van der Waals surface area (Å²) in [5.74, 6) is 0.0985. The average Bonchev–Trinajstić information content (AvgIpc) is 3.33. The molecule has 0 spiro atoms. The molecule has 0 saturated heterocycles. The Morgan fingerprint density at radius 3 is 2.36 bits per heavy atom. The molecule has 0 fully saturated rings. The summed E-state index contributed by atoms with van der Waals surface area (Å²) in [4.78, 5) is 13.9. The fraction of sp³-hybridized carbons (Fsp3) is 0.167. The highest BCUT2D eigenvalue weighted by Crippen LogP contribution is 2.30. The molecule has 0 aliphatic carbocycles. The number of anilines is 1. The largest absolute Gasteiger partial charge is 0.505 e. The predicted octanol–water partition coefficient (Wildman–Crippen LogP) is 6.70. The van der Waals surface area contributed by atoms with Gasteiger partial charge in [-0.05, 0) is 84.5 Å². The lowest BCUT2D eigenvalue weighted by Crippen LogP contribution is -2.11. The molecule has 2 N–H and O–H groups in total. The van der Waals surface area contributed by atoms with Crippen LogP contribution in [0.15, 0.2) is 84.9 Å². The maximum atomic E-state index is 12.4. The molecule has 1 aromatic heterocycles. The second kappa shape index (κ2) is 10.0. The van der Waals surface area contributed by atoms with Crippen molar-refractivity contribution in [1.82, 2.24) is 15.0 Å². The molecule has 1 heterocycles. The minimum atomic E-state index is -0.140. The maximum Gasteiger partial charge on any atom is 0.255 e. The maximum absolute atomic E-state index is 12.4. The first-order chi connectivity index (χ1) is 17.5. The number of benzene rings is 4. The quantitative estimate of drug-likeness (QED) is 0.274. The van der Waals surface area contributed by atoms with Gasteiger partial charge in [-0.15, -0.1) is 15.0 Å². The van der Waals surface area contributed by atoms with Gasteiger partial charge in [-0.1, -0.05) is 55.8 Å². The van der Waals surface area contributed by atoms with E-state index in [-0.39, 0.29) is 11.7 Å². The molecule has 0 atom stereocenters. The normalized spacial score (nSPS) is 11.1.